The summed E-state index contributed by atoms with van der Waals surface area (Å²) in [5.74, 6) is 2.04. The zero-order chi connectivity index (χ0) is 13.4. The summed E-state index contributed by atoms with van der Waals surface area (Å²) < 4.78 is 1.93. The molecule has 0 amide bonds. The van der Waals surface area contributed by atoms with E-state index in [1.165, 1.54) is 0 Å². The molecule has 3 N–H and O–H groups in total. The van der Waals surface area contributed by atoms with E-state index in [1.807, 2.05) is 17.5 Å². The van der Waals surface area contributed by atoms with Gasteiger partial charge in [0.2, 0.25) is 5.65 Å². The van der Waals surface area contributed by atoms with E-state index in [2.05, 4.69) is 20.1 Å². The summed E-state index contributed by atoms with van der Waals surface area (Å²) in [6.07, 6.45) is 5.61. The number of aryl methyl sites for hydroxylation is 1. The Morgan fingerprint density at radius 1 is 1.47 bits per heavy atom. The molecule has 0 aromatic carbocycles. The first-order valence-corrected chi connectivity index (χ1v) is 6.42. The van der Waals surface area contributed by atoms with E-state index in [0.29, 0.717) is 0 Å². The highest BCUT2D eigenvalue weighted by atomic mass is 15.3. The first-order chi connectivity index (χ1) is 9.16. The molecule has 1 aliphatic rings. The highest BCUT2D eigenvalue weighted by Gasteiger charge is 2.25. The van der Waals surface area contributed by atoms with Crippen LogP contribution in [0.5, 0.6) is 0 Å². The number of fused-ring (bicyclic) bond motifs is 1. The van der Waals surface area contributed by atoms with Crippen molar-refractivity contribution in [3.8, 4) is 0 Å². The van der Waals surface area contributed by atoms with Crippen molar-refractivity contribution in [3.63, 3.8) is 0 Å². The van der Waals surface area contributed by atoms with Crippen LogP contribution in [0.4, 0.5) is 5.82 Å². The van der Waals surface area contributed by atoms with Crippen LogP contribution in [0, 0.1) is 18.3 Å². The van der Waals surface area contributed by atoms with Gasteiger partial charge in [-0.25, -0.2) is 4.98 Å². The number of nitrogens with two attached hydrogens (primary N) is 1. The Labute approximate surface area is 111 Å². The summed E-state index contributed by atoms with van der Waals surface area (Å²) >= 11 is 0. The van der Waals surface area contributed by atoms with Crippen molar-refractivity contribution >= 4 is 17.3 Å². The Bertz CT molecular complexity index is 618. The van der Waals surface area contributed by atoms with Crippen molar-refractivity contribution in [2.75, 3.05) is 18.0 Å². The average Bonchev–Trinajstić information content (AvgIpc) is 2.81. The molecule has 0 aliphatic carbocycles. The fourth-order valence-corrected chi connectivity index (χ4v) is 2.58. The third-order valence-corrected chi connectivity index (χ3v) is 3.64. The zero-order valence-corrected chi connectivity index (χ0v) is 10.9. The monoisotopic (exact) mass is 259 g/mol. The number of rotatable bonds is 2. The molecule has 0 bridgehead atoms. The van der Waals surface area contributed by atoms with Crippen LogP contribution in [0.25, 0.3) is 5.65 Å². The minimum Gasteiger partial charge on any atom is -0.387 e. The molecule has 2 aromatic heterocycles. The molecule has 3 heterocycles. The maximum Gasteiger partial charge on any atom is 0.203 e. The van der Waals surface area contributed by atoms with Crippen molar-refractivity contribution in [1.29, 1.82) is 5.41 Å². The van der Waals surface area contributed by atoms with Gasteiger partial charge in [-0.3, -0.25) is 9.81 Å². The van der Waals surface area contributed by atoms with Crippen molar-refractivity contribution in [2.45, 2.75) is 19.8 Å². The quantitative estimate of drug-likeness (QED) is 0.607. The summed E-state index contributed by atoms with van der Waals surface area (Å²) in [6.45, 7) is 3.56. The predicted octanol–water partition coefficient (Wildman–Crippen LogP) is 0.585. The normalized spacial score (nSPS) is 19.8. The van der Waals surface area contributed by atoms with Gasteiger partial charge < -0.3 is 10.6 Å². The first kappa shape index (κ1) is 11.9. The third-order valence-electron chi connectivity index (χ3n) is 3.64. The number of hydrogen-bond donors (Lipinski definition) is 2. The molecule has 0 radical (unpaired) electrons. The highest BCUT2D eigenvalue weighted by molar-refractivity contribution is 5.80. The van der Waals surface area contributed by atoms with Crippen LogP contribution in [0.15, 0.2) is 12.4 Å². The molecule has 1 saturated heterocycles. The topological polar surface area (TPSA) is 96.2 Å². The van der Waals surface area contributed by atoms with Crippen LogP contribution in [0.2, 0.25) is 0 Å². The molecular weight excluding hydrogens is 242 g/mol. The molecule has 0 saturated carbocycles. The van der Waals surface area contributed by atoms with Crippen molar-refractivity contribution in [3.05, 3.63) is 18.2 Å². The van der Waals surface area contributed by atoms with Crippen LogP contribution in [0.3, 0.4) is 0 Å². The maximum absolute atomic E-state index is 7.61. The van der Waals surface area contributed by atoms with Gasteiger partial charge in [0.05, 0.1) is 5.84 Å². The van der Waals surface area contributed by atoms with Crippen LogP contribution in [-0.2, 0) is 0 Å². The van der Waals surface area contributed by atoms with E-state index < -0.39 is 0 Å². The van der Waals surface area contributed by atoms with Crippen molar-refractivity contribution in [2.24, 2.45) is 11.7 Å². The Balaban J connectivity index is 1.97. The van der Waals surface area contributed by atoms with Gasteiger partial charge in [0.25, 0.3) is 0 Å². The van der Waals surface area contributed by atoms with Gasteiger partial charge in [-0.15, -0.1) is 10.2 Å². The molecule has 100 valence electrons. The smallest absolute Gasteiger partial charge is 0.203 e. The van der Waals surface area contributed by atoms with Gasteiger partial charge in [-0.05, 0) is 19.8 Å². The molecule has 1 aliphatic heterocycles. The minimum atomic E-state index is 0.111. The lowest BCUT2D eigenvalue weighted by Crippen LogP contribution is -2.41. The fourth-order valence-electron chi connectivity index (χ4n) is 2.58. The van der Waals surface area contributed by atoms with E-state index in [-0.39, 0.29) is 11.8 Å². The predicted molar refractivity (Wildman–Crippen MR) is 72.4 cm³/mol. The van der Waals surface area contributed by atoms with E-state index in [0.717, 1.165) is 43.2 Å². The van der Waals surface area contributed by atoms with E-state index in [1.54, 1.807) is 6.20 Å². The lowest BCUT2D eigenvalue weighted by atomic mass is 9.97. The molecule has 19 heavy (non-hydrogen) atoms. The molecule has 1 atom stereocenters. The lowest BCUT2D eigenvalue weighted by molar-refractivity contribution is 0.500. The summed E-state index contributed by atoms with van der Waals surface area (Å²) in [4.78, 5) is 6.58. The molecule has 1 unspecified atom stereocenters. The Kier molecular flexibility index (Phi) is 2.81. The van der Waals surface area contributed by atoms with Crippen molar-refractivity contribution in [1.82, 2.24) is 19.6 Å². The van der Waals surface area contributed by atoms with Gasteiger partial charge in [0.1, 0.15) is 5.82 Å². The largest absolute Gasteiger partial charge is 0.387 e. The second-order valence-corrected chi connectivity index (χ2v) is 4.93. The number of nitrogens with one attached hydrogen (secondary N) is 1. The van der Waals surface area contributed by atoms with Crippen LogP contribution >= 0.6 is 0 Å². The van der Waals surface area contributed by atoms with Crippen molar-refractivity contribution < 1.29 is 0 Å². The molecule has 3 rings (SSSR count). The van der Waals surface area contributed by atoms with Crippen LogP contribution < -0.4 is 10.6 Å². The zero-order valence-electron chi connectivity index (χ0n) is 10.9. The van der Waals surface area contributed by atoms with Gasteiger partial charge >= 0.3 is 0 Å². The summed E-state index contributed by atoms with van der Waals surface area (Å²) in [7, 11) is 0. The average molecular weight is 259 g/mol. The first-order valence-electron chi connectivity index (χ1n) is 6.42. The van der Waals surface area contributed by atoms with Gasteiger partial charge in [0.15, 0.2) is 5.82 Å². The van der Waals surface area contributed by atoms with E-state index in [4.69, 9.17) is 11.1 Å². The van der Waals surface area contributed by atoms with Crippen LogP contribution in [0.1, 0.15) is 18.7 Å². The summed E-state index contributed by atoms with van der Waals surface area (Å²) in [5, 5.41) is 15.9. The number of piperidine rings is 1. The number of hydrogen-bond acceptors (Lipinski definition) is 5. The molecule has 2 aromatic rings. The number of amidine groups is 1. The molecule has 0 spiro atoms. The third kappa shape index (κ3) is 2.00. The SMILES string of the molecule is Cc1nnc2c(N3CCCC(C(=N)N)C3)nccn12. The standard InChI is InChI=1S/C12H17N7/c1-8-16-17-12-11(15-4-6-19(8)12)18-5-2-3-9(7-18)10(13)14/h4,6,9H,2-3,5,7H2,1H3,(H3,13,14). The minimum absolute atomic E-state index is 0.111. The molecule has 1 fully saturated rings. The Morgan fingerprint density at radius 2 is 2.32 bits per heavy atom. The molecule has 7 nitrogen and oxygen atoms in total. The molecule has 7 heteroatoms. The number of aromatic nitrogens is 4. The lowest BCUT2D eigenvalue weighted by Gasteiger charge is -2.32. The summed E-state index contributed by atoms with van der Waals surface area (Å²) in [5.41, 5.74) is 6.40. The van der Waals surface area contributed by atoms with E-state index >= 15 is 0 Å². The Hall–Kier alpha value is -2.18. The van der Waals surface area contributed by atoms with E-state index in [9.17, 15) is 0 Å². The highest BCUT2D eigenvalue weighted by Crippen LogP contribution is 2.24. The second kappa shape index (κ2) is 4.49. The number of anilines is 1. The van der Waals surface area contributed by atoms with Gasteiger partial charge in [0, 0.05) is 31.4 Å². The van der Waals surface area contributed by atoms with Crippen LogP contribution in [-0.4, -0.2) is 38.5 Å². The maximum atomic E-state index is 7.61. The van der Waals surface area contributed by atoms with Gasteiger partial charge in [-0.1, -0.05) is 0 Å². The second-order valence-electron chi connectivity index (χ2n) is 4.93. The molecular formula is C12H17N7. The van der Waals surface area contributed by atoms with Gasteiger partial charge in [-0.2, -0.15) is 0 Å². The fraction of sp³-hybridized carbons (Fsp3) is 0.500. The Morgan fingerprint density at radius 3 is 3.11 bits per heavy atom. The number of nitrogens with zero attached hydrogens (tertiary/aromatic N) is 5. The summed E-state index contributed by atoms with van der Waals surface area (Å²) in [6, 6.07) is 0.